The molecule has 0 saturated carbocycles. The van der Waals surface area contributed by atoms with E-state index < -0.39 is 0 Å². The Morgan fingerprint density at radius 1 is 1.43 bits per heavy atom. The zero-order valence-electron chi connectivity index (χ0n) is 9.10. The van der Waals surface area contributed by atoms with Crippen molar-refractivity contribution in [2.75, 3.05) is 6.54 Å². The monoisotopic (exact) mass is 213 g/mol. The van der Waals surface area contributed by atoms with E-state index >= 15 is 0 Å². The van der Waals surface area contributed by atoms with Crippen molar-refractivity contribution in [2.24, 2.45) is 0 Å². The van der Waals surface area contributed by atoms with Crippen molar-refractivity contribution in [3.05, 3.63) is 22.4 Å². The van der Waals surface area contributed by atoms with Crippen molar-refractivity contribution in [3.63, 3.8) is 0 Å². The molecule has 1 N–H and O–H groups in total. The average Bonchev–Trinajstić information content (AvgIpc) is 2.54. The Morgan fingerprint density at radius 2 is 2.14 bits per heavy atom. The Bertz CT molecular complexity index is 244. The molecule has 1 aromatic rings. The molecule has 14 heavy (non-hydrogen) atoms. The largest absolute Gasteiger partial charge is 0.392 e. The van der Waals surface area contributed by atoms with E-state index in [2.05, 4.69) is 36.3 Å². The minimum absolute atomic E-state index is 0.252. The lowest BCUT2D eigenvalue weighted by molar-refractivity contribution is 0.103. The van der Waals surface area contributed by atoms with Crippen LogP contribution in [0.25, 0.3) is 0 Å². The molecule has 0 aliphatic heterocycles. The zero-order chi connectivity index (χ0) is 10.6. The van der Waals surface area contributed by atoms with E-state index in [-0.39, 0.29) is 6.10 Å². The molecular weight excluding hydrogens is 194 g/mol. The third-order valence-corrected chi connectivity index (χ3v) is 3.03. The van der Waals surface area contributed by atoms with Crippen LogP contribution in [0.3, 0.4) is 0 Å². The first-order valence-corrected chi connectivity index (χ1v) is 5.92. The van der Waals surface area contributed by atoms with Crippen LogP contribution in [-0.2, 0) is 6.54 Å². The molecule has 1 atom stereocenters. The summed E-state index contributed by atoms with van der Waals surface area (Å²) in [4.78, 5) is 3.65. The third kappa shape index (κ3) is 3.78. The molecular formula is C11H19NOS. The molecule has 2 nitrogen and oxygen atoms in total. The molecule has 1 aromatic heterocycles. The highest BCUT2D eigenvalue weighted by Gasteiger charge is 2.12. The number of nitrogens with zero attached hydrogens (tertiary/aromatic N) is 1. The topological polar surface area (TPSA) is 23.5 Å². The van der Waals surface area contributed by atoms with E-state index in [4.69, 9.17) is 0 Å². The maximum atomic E-state index is 9.36. The summed E-state index contributed by atoms with van der Waals surface area (Å²) in [5.74, 6) is 0. The maximum absolute atomic E-state index is 9.36. The number of hydrogen-bond acceptors (Lipinski definition) is 3. The third-order valence-electron chi connectivity index (χ3n) is 2.17. The molecule has 0 unspecified atom stereocenters. The molecule has 0 bridgehead atoms. The van der Waals surface area contributed by atoms with Gasteiger partial charge in [0.15, 0.2) is 0 Å². The molecule has 3 heteroatoms. The van der Waals surface area contributed by atoms with Crippen LogP contribution in [-0.4, -0.2) is 28.7 Å². The fourth-order valence-corrected chi connectivity index (χ4v) is 2.13. The van der Waals surface area contributed by atoms with E-state index in [1.54, 1.807) is 11.3 Å². The van der Waals surface area contributed by atoms with Crippen molar-refractivity contribution in [1.82, 2.24) is 4.90 Å². The molecule has 0 radical (unpaired) electrons. The second-order valence-electron chi connectivity index (χ2n) is 3.95. The first-order chi connectivity index (χ1) is 6.59. The fourth-order valence-electron chi connectivity index (χ4n) is 1.40. The van der Waals surface area contributed by atoms with Gasteiger partial charge in [-0.05, 0) is 32.2 Å². The average molecular weight is 213 g/mol. The first kappa shape index (κ1) is 11.7. The maximum Gasteiger partial charge on any atom is 0.0639 e. The van der Waals surface area contributed by atoms with Gasteiger partial charge in [-0.3, -0.25) is 4.90 Å². The number of hydrogen-bond donors (Lipinski definition) is 1. The summed E-state index contributed by atoms with van der Waals surface area (Å²) in [5, 5.41) is 11.5. The van der Waals surface area contributed by atoms with Crippen molar-refractivity contribution in [3.8, 4) is 0 Å². The van der Waals surface area contributed by atoms with Gasteiger partial charge in [0, 0.05) is 24.0 Å². The Balaban J connectivity index is 2.51. The lowest BCUT2D eigenvalue weighted by Gasteiger charge is -2.27. The molecule has 0 aliphatic rings. The smallest absolute Gasteiger partial charge is 0.0639 e. The second kappa shape index (κ2) is 5.49. The standard InChI is InChI=1S/C11H19NOS/c1-9(2)12(7-10(3)13)8-11-5-4-6-14-11/h4-6,9-10,13H,7-8H2,1-3H3/t10-/m0/s1. The predicted molar refractivity (Wildman–Crippen MR) is 61.5 cm³/mol. The molecule has 80 valence electrons. The predicted octanol–water partition coefficient (Wildman–Crippen LogP) is 2.34. The van der Waals surface area contributed by atoms with Gasteiger partial charge in [0.2, 0.25) is 0 Å². The zero-order valence-corrected chi connectivity index (χ0v) is 9.92. The summed E-state index contributed by atoms with van der Waals surface area (Å²) in [6.45, 7) is 7.85. The van der Waals surface area contributed by atoms with Gasteiger partial charge in [-0.1, -0.05) is 6.07 Å². The van der Waals surface area contributed by atoms with Crippen LogP contribution in [0.2, 0.25) is 0 Å². The number of aliphatic hydroxyl groups excluding tert-OH is 1. The lowest BCUT2D eigenvalue weighted by atomic mass is 10.2. The van der Waals surface area contributed by atoms with Gasteiger partial charge < -0.3 is 5.11 Å². The molecule has 0 aromatic carbocycles. The van der Waals surface area contributed by atoms with E-state index in [1.807, 2.05) is 6.92 Å². The van der Waals surface area contributed by atoms with Crippen LogP contribution >= 0.6 is 11.3 Å². The highest BCUT2D eigenvalue weighted by Crippen LogP contribution is 2.14. The van der Waals surface area contributed by atoms with Gasteiger partial charge in [0.1, 0.15) is 0 Å². The van der Waals surface area contributed by atoms with Crippen LogP contribution in [0.1, 0.15) is 25.6 Å². The van der Waals surface area contributed by atoms with Crippen LogP contribution < -0.4 is 0 Å². The quantitative estimate of drug-likeness (QED) is 0.811. The van der Waals surface area contributed by atoms with Crippen molar-refractivity contribution in [1.29, 1.82) is 0 Å². The summed E-state index contributed by atoms with van der Waals surface area (Å²) in [6.07, 6.45) is -0.252. The molecule has 0 aliphatic carbocycles. The Hall–Kier alpha value is -0.380. The van der Waals surface area contributed by atoms with Gasteiger partial charge in [-0.2, -0.15) is 0 Å². The molecule has 0 amide bonds. The molecule has 0 saturated heterocycles. The van der Waals surface area contributed by atoms with Crippen molar-refractivity contribution < 1.29 is 5.11 Å². The summed E-state index contributed by atoms with van der Waals surface area (Å²) in [6, 6.07) is 4.69. The van der Waals surface area contributed by atoms with Crippen LogP contribution in [0.4, 0.5) is 0 Å². The Morgan fingerprint density at radius 3 is 2.57 bits per heavy atom. The number of rotatable bonds is 5. The second-order valence-corrected chi connectivity index (χ2v) is 4.98. The Labute approximate surface area is 90.2 Å². The summed E-state index contributed by atoms with van der Waals surface area (Å²) in [7, 11) is 0. The van der Waals surface area contributed by atoms with E-state index in [0.29, 0.717) is 6.04 Å². The van der Waals surface area contributed by atoms with E-state index in [1.165, 1.54) is 4.88 Å². The Kier molecular flexibility index (Phi) is 4.58. The number of thiophene rings is 1. The van der Waals surface area contributed by atoms with Gasteiger partial charge >= 0.3 is 0 Å². The molecule has 0 fully saturated rings. The van der Waals surface area contributed by atoms with Crippen LogP contribution in [0.5, 0.6) is 0 Å². The molecule has 1 heterocycles. The van der Waals surface area contributed by atoms with Crippen molar-refractivity contribution >= 4 is 11.3 Å². The van der Waals surface area contributed by atoms with Crippen molar-refractivity contribution in [2.45, 2.75) is 39.5 Å². The van der Waals surface area contributed by atoms with Gasteiger partial charge in [0.05, 0.1) is 6.10 Å². The van der Waals surface area contributed by atoms with Crippen LogP contribution in [0.15, 0.2) is 17.5 Å². The lowest BCUT2D eigenvalue weighted by Crippen LogP contribution is -2.35. The number of aliphatic hydroxyl groups is 1. The van der Waals surface area contributed by atoms with E-state index in [9.17, 15) is 5.11 Å². The summed E-state index contributed by atoms with van der Waals surface area (Å²) in [5.41, 5.74) is 0. The van der Waals surface area contributed by atoms with E-state index in [0.717, 1.165) is 13.1 Å². The minimum Gasteiger partial charge on any atom is -0.392 e. The van der Waals surface area contributed by atoms with Gasteiger partial charge in [-0.25, -0.2) is 0 Å². The summed E-state index contributed by atoms with van der Waals surface area (Å²) >= 11 is 1.77. The molecule has 0 spiro atoms. The van der Waals surface area contributed by atoms with Gasteiger partial charge in [0.25, 0.3) is 0 Å². The van der Waals surface area contributed by atoms with Gasteiger partial charge in [-0.15, -0.1) is 11.3 Å². The minimum atomic E-state index is -0.252. The highest BCUT2D eigenvalue weighted by molar-refractivity contribution is 7.09. The fraction of sp³-hybridized carbons (Fsp3) is 0.636. The summed E-state index contributed by atoms with van der Waals surface area (Å²) < 4.78 is 0. The van der Waals surface area contributed by atoms with Crippen LogP contribution in [0, 0.1) is 0 Å². The first-order valence-electron chi connectivity index (χ1n) is 5.04. The highest BCUT2D eigenvalue weighted by atomic mass is 32.1. The normalized spacial score (nSPS) is 13.9. The SMILES string of the molecule is CC(C)N(Cc1cccs1)C[C@H](C)O. The molecule has 1 rings (SSSR count).